The van der Waals surface area contributed by atoms with Crippen molar-refractivity contribution in [3.8, 4) is 11.5 Å². The highest BCUT2D eigenvalue weighted by Crippen LogP contribution is 2.26. The first kappa shape index (κ1) is 20.3. The van der Waals surface area contributed by atoms with Gasteiger partial charge in [-0.3, -0.25) is 4.99 Å². The van der Waals surface area contributed by atoms with Crippen molar-refractivity contribution in [2.24, 2.45) is 4.99 Å². The number of rotatable bonds is 7. The van der Waals surface area contributed by atoms with Crippen molar-refractivity contribution in [1.82, 2.24) is 9.97 Å². The summed E-state index contributed by atoms with van der Waals surface area (Å²) >= 11 is 0. The molecule has 9 heteroatoms. The normalized spacial score (nSPS) is 11.5. The summed E-state index contributed by atoms with van der Waals surface area (Å²) in [5.41, 5.74) is 1.96. The van der Waals surface area contributed by atoms with E-state index in [9.17, 15) is 13.5 Å². The minimum absolute atomic E-state index is 0.0181. The Bertz CT molecular complexity index is 1130. The monoisotopic (exact) mass is 412 g/mol. The van der Waals surface area contributed by atoms with Crippen LogP contribution in [0.1, 0.15) is 18.2 Å². The molecule has 2 N–H and O–H groups in total. The third-order valence-corrected chi connectivity index (χ3v) is 5.16. The Morgan fingerprint density at radius 3 is 2.62 bits per heavy atom. The number of sulfonamides is 1. The maximum Gasteiger partial charge on any atom is 0.264 e. The number of aryl methyl sites for hydroxylation is 1. The molecule has 0 saturated carbocycles. The molecule has 1 aromatic heterocycles. The maximum atomic E-state index is 12.5. The smallest absolute Gasteiger partial charge is 0.264 e. The van der Waals surface area contributed by atoms with Crippen LogP contribution < -0.4 is 9.46 Å². The van der Waals surface area contributed by atoms with Crippen LogP contribution in [0.4, 0.5) is 11.6 Å². The van der Waals surface area contributed by atoms with Gasteiger partial charge in [0.15, 0.2) is 11.5 Å². The van der Waals surface area contributed by atoms with Crippen molar-refractivity contribution in [2.75, 3.05) is 11.3 Å². The number of aromatic hydroxyl groups is 1. The Morgan fingerprint density at radius 1 is 1.17 bits per heavy atom. The van der Waals surface area contributed by atoms with Gasteiger partial charge in [-0.1, -0.05) is 0 Å². The number of hydrogen-bond acceptors (Lipinski definition) is 7. The lowest BCUT2D eigenvalue weighted by atomic mass is 10.2. The van der Waals surface area contributed by atoms with E-state index in [-0.39, 0.29) is 16.6 Å². The van der Waals surface area contributed by atoms with E-state index in [4.69, 9.17) is 4.74 Å². The van der Waals surface area contributed by atoms with Crippen LogP contribution in [0.5, 0.6) is 11.5 Å². The number of nitrogens with zero attached hydrogens (tertiary/aromatic N) is 3. The fourth-order valence-corrected chi connectivity index (χ4v) is 3.37. The summed E-state index contributed by atoms with van der Waals surface area (Å²) in [4.78, 5) is 12.3. The zero-order valence-electron chi connectivity index (χ0n) is 15.9. The fraction of sp³-hybridized carbons (Fsp3) is 0.150. The third kappa shape index (κ3) is 5.29. The van der Waals surface area contributed by atoms with Crippen LogP contribution in [-0.2, 0) is 10.0 Å². The molecule has 0 aliphatic carbocycles. The second kappa shape index (κ2) is 8.70. The van der Waals surface area contributed by atoms with Crippen LogP contribution in [0.3, 0.4) is 0 Å². The van der Waals surface area contributed by atoms with Crippen molar-refractivity contribution in [3.05, 3.63) is 66.0 Å². The summed E-state index contributed by atoms with van der Waals surface area (Å²) in [6.45, 7) is 4.01. The second-order valence-electron chi connectivity index (χ2n) is 6.04. The molecule has 0 bridgehead atoms. The first-order valence-corrected chi connectivity index (χ1v) is 10.3. The number of anilines is 1. The molecule has 29 heavy (non-hydrogen) atoms. The van der Waals surface area contributed by atoms with E-state index in [1.165, 1.54) is 24.4 Å². The van der Waals surface area contributed by atoms with E-state index in [0.29, 0.717) is 23.7 Å². The largest absolute Gasteiger partial charge is 0.504 e. The third-order valence-electron chi connectivity index (χ3n) is 3.81. The van der Waals surface area contributed by atoms with E-state index in [1.807, 2.05) is 6.92 Å². The summed E-state index contributed by atoms with van der Waals surface area (Å²) in [5.74, 6) is 0.454. The number of phenolic OH excluding ortho intramolecular Hbond substituents is 1. The number of aromatic nitrogens is 2. The molecule has 0 aliphatic heterocycles. The summed E-state index contributed by atoms with van der Waals surface area (Å²) < 4.78 is 32.6. The average Bonchev–Trinajstić information content (AvgIpc) is 2.69. The Kier molecular flexibility index (Phi) is 6.08. The molecule has 0 unspecified atom stereocenters. The molecule has 0 saturated heterocycles. The number of phenols is 1. The second-order valence-corrected chi connectivity index (χ2v) is 7.72. The quantitative estimate of drug-likeness (QED) is 0.575. The van der Waals surface area contributed by atoms with Gasteiger partial charge in [-0.25, -0.2) is 23.1 Å². The van der Waals surface area contributed by atoms with Crippen molar-refractivity contribution in [3.63, 3.8) is 0 Å². The van der Waals surface area contributed by atoms with Gasteiger partial charge in [-0.05, 0) is 67.9 Å². The van der Waals surface area contributed by atoms with Crippen LogP contribution in [0, 0.1) is 6.92 Å². The topological polar surface area (TPSA) is 114 Å². The number of hydrogen-bond donors (Lipinski definition) is 2. The molecule has 3 aromatic rings. The molecule has 1 heterocycles. The van der Waals surface area contributed by atoms with E-state index in [2.05, 4.69) is 19.7 Å². The number of ether oxygens (including phenoxy) is 1. The van der Waals surface area contributed by atoms with E-state index in [1.54, 1.807) is 43.5 Å². The molecular weight excluding hydrogens is 392 g/mol. The predicted molar refractivity (Wildman–Crippen MR) is 111 cm³/mol. The first-order chi connectivity index (χ1) is 13.9. The van der Waals surface area contributed by atoms with E-state index < -0.39 is 10.0 Å². The SMILES string of the molecule is CCOc1cc(C=Nc2ccc(S(=O)(=O)Nc3nccc(C)n3)cc2)ccc1O. The van der Waals surface area contributed by atoms with Crippen LogP contribution >= 0.6 is 0 Å². The van der Waals surface area contributed by atoms with Gasteiger partial charge in [0.1, 0.15) is 0 Å². The number of aliphatic imine (C=N–C) groups is 1. The number of nitrogens with one attached hydrogen (secondary N) is 1. The van der Waals surface area contributed by atoms with Gasteiger partial charge in [0.25, 0.3) is 10.0 Å². The predicted octanol–water partition coefficient (Wildman–Crippen LogP) is 3.44. The summed E-state index contributed by atoms with van der Waals surface area (Å²) in [6, 6.07) is 12.7. The molecule has 0 fully saturated rings. The zero-order chi connectivity index (χ0) is 20.9. The molecule has 0 aliphatic rings. The Balaban J connectivity index is 1.74. The highest BCUT2D eigenvalue weighted by molar-refractivity contribution is 7.92. The van der Waals surface area contributed by atoms with Gasteiger partial charge in [-0.15, -0.1) is 0 Å². The molecule has 0 spiro atoms. The summed E-state index contributed by atoms with van der Waals surface area (Å²) in [7, 11) is -3.80. The molecule has 2 aromatic carbocycles. The van der Waals surface area contributed by atoms with Crippen molar-refractivity contribution in [2.45, 2.75) is 18.7 Å². The Labute approximate surface area is 169 Å². The zero-order valence-corrected chi connectivity index (χ0v) is 16.7. The number of benzene rings is 2. The molecule has 0 radical (unpaired) electrons. The summed E-state index contributed by atoms with van der Waals surface area (Å²) in [5, 5.41) is 9.74. The van der Waals surface area contributed by atoms with Crippen molar-refractivity contribution >= 4 is 27.9 Å². The lowest BCUT2D eigenvalue weighted by Crippen LogP contribution is -2.15. The standard InChI is InChI=1S/C20H20N4O4S/c1-3-28-19-12-15(4-9-18(19)25)13-22-16-5-7-17(8-6-16)29(26,27)24-20-21-11-10-14(2)23-20/h4-13,25H,3H2,1-2H3,(H,21,23,24). The Morgan fingerprint density at radius 2 is 1.93 bits per heavy atom. The Hall–Kier alpha value is -3.46. The van der Waals surface area contributed by atoms with Crippen LogP contribution in [0.15, 0.2) is 64.6 Å². The molecule has 150 valence electrons. The summed E-state index contributed by atoms with van der Waals surface area (Å²) in [6.07, 6.45) is 3.09. The minimum Gasteiger partial charge on any atom is -0.504 e. The van der Waals surface area contributed by atoms with Crippen molar-refractivity contribution in [1.29, 1.82) is 0 Å². The molecular formula is C20H20N4O4S. The van der Waals surface area contributed by atoms with Gasteiger partial charge in [0.2, 0.25) is 5.95 Å². The molecule has 3 rings (SSSR count). The van der Waals surface area contributed by atoms with Crippen LogP contribution in [-0.4, -0.2) is 36.3 Å². The maximum absolute atomic E-state index is 12.5. The fourth-order valence-electron chi connectivity index (χ4n) is 2.42. The van der Waals surface area contributed by atoms with Gasteiger partial charge >= 0.3 is 0 Å². The van der Waals surface area contributed by atoms with Crippen molar-refractivity contribution < 1.29 is 18.3 Å². The van der Waals surface area contributed by atoms with Crippen LogP contribution in [0.2, 0.25) is 0 Å². The average molecular weight is 412 g/mol. The minimum atomic E-state index is -3.80. The lowest BCUT2D eigenvalue weighted by Gasteiger charge is -2.07. The highest BCUT2D eigenvalue weighted by Gasteiger charge is 2.15. The van der Waals surface area contributed by atoms with Gasteiger partial charge in [0.05, 0.1) is 17.2 Å². The van der Waals surface area contributed by atoms with Gasteiger partial charge in [0, 0.05) is 18.1 Å². The van der Waals surface area contributed by atoms with E-state index in [0.717, 1.165) is 5.56 Å². The molecule has 0 atom stereocenters. The van der Waals surface area contributed by atoms with E-state index >= 15 is 0 Å². The van der Waals surface area contributed by atoms with Gasteiger partial charge in [-0.2, -0.15) is 0 Å². The van der Waals surface area contributed by atoms with Crippen LogP contribution in [0.25, 0.3) is 0 Å². The highest BCUT2D eigenvalue weighted by atomic mass is 32.2. The van der Waals surface area contributed by atoms with Gasteiger partial charge < -0.3 is 9.84 Å². The molecule has 8 nitrogen and oxygen atoms in total. The lowest BCUT2D eigenvalue weighted by molar-refractivity contribution is 0.318. The first-order valence-electron chi connectivity index (χ1n) is 8.80. The molecule has 0 amide bonds.